The number of nitrogens with zero attached hydrogens (tertiary/aromatic N) is 2. The Kier molecular flexibility index (Phi) is 6.09. The molecule has 22 heavy (non-hydrogen) atoms. The fourth-order valence-electron chi connectivity index (χ4n) is 1.60. The Hall–Kier alpha value is -1.45. The molecule has 0 bridgehead atoms. The van der Waals surface area contributed by atoms with Gasteiger partial charge in [0.1, 0.15) is 15.8 Å². The summed E-state index contributed by atoms with van der Waals surface area (Å²) in [6.45, 7) is 1.82. The van der Waals surface area contributed by atoms with Crippen molar-refractivity contribution in [1.82, 2.24) is 0 Å². The molecule has 110 valence electrons. The molecular formula is C13H13N4NaO3S. The minimum Gasteiger partial charge on any atom is -0.744 e. The summed E-state index contributed by atoms with van der Waals surface area (Å²) in [5.41, 5.74) is 14.1. The van der Waals surface area contributed by atoms with Crippen LogP contribution >= 0.6 is 0 Å². The summed E-state index contributed by atoms with van der Waals surface area (Å²) in [7, 11) is -4.46. The zero-order valence-electron chi connectivity index (χ0n) is 12.1. The predicted molar refractivity (Wildman–Crippen MR) is 78.6 cm³/mol. The standard InChI is InChI=1S/C13H14N4O3S.Na/c1-8-6-13(12(15)7-11(8)14)17-16-9-2-4-10(5-3-9)21(18,19)20;/h2-7H,14-15H2,1H3,(H,18,19,20);/q;+1/p-1/b17-16+;. The second-order valence-corrected chi connectivity index (χ2v) is 5.80. The average Bonchev–Trinajstić information content (AvgIpc) is 2.41. The van der Waals surface area contributed by atoms with E-state index in [0.717, 1.165) is 5.56 Å². The second kappa shape index (κ2) is 7.21. The molecule has 0 radical (unpaired) electrons. The zero-order chi connectivity index (χ0) is 15.6. The zero-order valence-corrected chi connectivity index (χ0v) is 15.0. The molecule has 0 aliphatic rings. The Bertz CT molecular complexity index is 805. The van der Waals surface area contributed by atoms with Gasteiger partial charge in [0.05, 0.1) is 16.3 Å². The van der Waals surface area contributed by atoms with Gasteiger partial charge in [-0.25, -0.2) is 8.42 Å². The van der Waals surface area contributed by atoms with Crippen LogP contribution in [0.15, 0.2) is 51.5 Å². The summed E-state index contributed by atoms with van der Waals surface area (Å²) >= 11 is 0. The van der Waals surface area contributed by atoms with Crippen LogP contribution < -0.4 is 41.0 Å². The van der Waals surface area contributed by atoms with Crippen molar-refractivity contribution in [2.24, 2.45) is 10.2 Å². The number of azo groups is 1. The molecule has 0 fully saturated rings. The third-order valence-electron chi connectivity index (χ3n) is 2.81. The second-order valence-electron chi connectivity index (χ2n) is 4.42. The predicted octanol–water partition coefficient (Wildman–Crippen LogP) is -0.517. The summed E-state index contributed by atoms with van der Waals surface area (Å²) < 4.78 is 32.4. The first-order valence-corrected chi connectivity index (χ1v) is 7.31. The molecule has 0 amide bonds. The summed E-state index contributed by atoms with van der Waals surface area (Å²) in [5, 5.41) is 7.93. The molecule has 2 rings (SSSR count). The first-order chi connectivity index (χ1) is 9.77. The third-order valence-corrected chi connectivity index (χ3v) is 3.66. The molecule has 2 aromatic carbocycles. The quantitative estimate of drug-likeness (QED) is 0.338. The van der Waals surface area contributed by atoms with Crippen LogP contribution in [0.4, 0.5) is 22.7 Å². The van der Waals surface area contributed by atoms with Crippen LogP contribution in [0.5, 0.6) is 0 Å². The van der Waals surface area contributed by atoms with E-state index in [-0.39, 0.29) is 34.5 Å². The van der Waals surface area contributed by atoms with E-state index in [2.05, 4.69) is 10.2 Å². The normalized spacial score (nSPS) is 11.4. The molecule has 0 spiro atoms. The molecule has 0 heterocycles. The van der Waals surface area contributed by atoms with Gasteiger partial charge in [-0.05, 0) is 48.9 Å². The van der Waals surface area contributed by atoms with Crippen LogP contribution in [0.2, 0.25) is 0 Å². The molecule has 0 atom stereocenters. The molecule has 9 heteroatoms. The average molecular weight is 328 g/mol. The van der Waals surface area contributed by atoms with Crippen molar-refractivity contribution >= 4 is 32.9 Å². The maximum atomic E-state index is 10.8. The van der Waals surface area contributed by atoms with Crippen molar-refractivity contribution in [2.45, 2.75) is 11.8 Å². The van der Waals surface area contributed by atoms with Crippen molar-refractivity contribution in [3.05, 3.63) is 42.0 Å². The topological polar surface area (TPSA) is 134 Å². The SMILES string of the molecule is Cc1cc(/N=N/c2ccc(S(=O)(=O)[O-])cc2)c(N)cc1N.[Na+]. The van der Waals surface area contributed by atoms with Crippen LogP contribution in [-0.4, -0.2) is 13.0 Å². The van der Waals surface area contributed by atoms with Crippen molar-refractivity contribution in [3.63, 3.8) is 0 Å². The van der Waals surface area contributed by atoms with E-state index in [1.54, 1.807) is 12.1 Å². The number of nitrogens with two attached hydrogens (primary N) is 2. The first-order valence-electron chi connectivity index (χ1n) is 5.90. The van der Waals surface area contributed by atoms with E-state index in [1.807, 2.05) is 6.92 Å². The first kappa shape index (κ1) is 18.6. The van der Waals surface area contributed by atoms with Gasteiger partial charge in [-0.3, -0.25) is 0 Å². The van der Waals surface area contributed by atoms with E-state index in [0.29, 0.717) is 22.7 Å². The fourth-order valence-corrected chi connectivity index (χ4v) is 2.07. The van der Waals surface area contributed by atoms with Crippen molar-refractivity contribution < 1.29 is 42.5 Å². The van der Waals surface area contributed by atoms with Crippen molar-refractivity contribution in [2.75, 3.05) is 11.5 Å². The number of rotatable bonds is 3. The Balaban J connectivity index is 0.00000242. The number of hydrogen-bond donors (Lipinski definition) is 2. The van der Waals surface area contributed by atoms with E-state index in [9.17, 15) is 13.0 Å². The minimum absolute atomic E-state index is 0. The molecule has 0 aromatic heterocycles. The van der Waals surface area contributed by atoms with Crippen LogP contribution in [0.1, 0.15) is 5.56 Å². The van der Waals surface area contributed by atoms with E-state index in [1.165, 1.54) is 24.3 Å². The third kappa shape index (κ3) is 4.52. The maximum Gasteiger partial charge on any atom is 1.00 e. The van der Waals surface area contributed by atoms with E-state index >= 15 is 0 Å². The molecule has 7 nitrogen and oxygen atoms in total. The van der Waals surface area contributed by atoms with Gasteiger partial charge in [-0.15, -0.1) is 5.11 Å². The van der Waals surface area contributed by atoms with E-state index in [4.69, 9.17) is 11.5 Å². The van der Waals surface area contributed by atoms with Gasteiger partial charge in [-0.2, -0.15) is 5.11 Å². The molecule has 0 saturated carbocycles. The summed E-state index contributed by atoms with van der Waals surface area (Å²) in [5.74, 6) is 0. The number of aryl methyl sites for hydroxylation is 1. The minimum atomic E-state index is -4.46. The van der Waals surface area contributed by atoms with E-state index < -0.39 is 10.1 Å². The van der Waals surface area contributed by atoms with Crippen molar-refractivity contribution in [1.29, 1.82) is 0 Å². The largest absolute Gasteiger partial charge is 1.00 e. The molecule has 0 saturated heterocycles. The molecular weight excluding hydrogens is 315 g/mol. The number of hydrogen-bond acceptors (Lipinski definition) is 7. The molecule has 2 aromatic rings. The van der Waals surface area contributed by atoms with Gasteiger partial charge < -0.3 is 16.0 Å². The summed E-state index contributed by atoms with van der Waals surface area (Å²) in [4.78, 5) is -0.315. The Labute approximate surface area is 150 Å². The van der Waals surface area contributed by atoms with Gasteiger partial charge in [0.25, 0.3) is 0 Å². The van der Waals surface area contributed by atoms with Gasteiger partial charge in [-0.1, -0.05) is 0 Å². The van der Waals surface area contributed by atoms with Gasteiger partial charge >= 0.3 is 29.6 Å². The molecule has 0 aliphatic heterocycles. The smallest absolute Gasteiger partial charge is 0.744 e. The maximum absolute atomic E-state index is 10.8. The van der Waals surface area contributed by atoms with Gasteiger partial charge in [0.2, 0.25) is 0 Å². The molecule has 0 aliphatic carbocycles. The Morgan fingerprint density at radius 1 is 1.00 bits per heavy atom. The number of nitrogen functional groups attached to an aromatic ring is 2. The fraction of sp³-hybridized carbons (Fsp3) is 0.0769. The Morgan fingerprint density at radius 2 is 1.59 bits per heavy atom. The van der Waals surface area contributed by atoms with Gasteiger partial charge in [0, 0.05) is 5.69 Å². The monoisotopic (exact) mass is 328 g/mol. The van der Waals surface area contributed by atoms with Crippen molar-refractivity contribution in [3.8, 4) is 0 Å². The Morgan fingerprint density at radius 3 is 2.14 bits per heavy atom. The van der Waals surface area contributed by atoms with Crippen LogP contribution in [0, 0.1) is 6.92 Å². The van der Waals surface area contributed by atoms with Crippen LogP contribution in [0.25, 0.3) is 0 Å². The van der Waals surface area contributed by atoms with Crippen LogP contribution in [-0.2, 0) is 10.1 Å². The number of benzene rings is 2. The number of anilines is 2. The molecule has 0 unspecified atom stereocenters. The summed E-state index contributed by atoms with van der Waals surface area (Å²) in [6, 6.07) is 8.41. The summed E-state index contributed by atoms with van der Waals surface area (Å²) in [6.07, 6.45) is 0. The van der Waals surface area contributed by atoms with Gasteiger partial charge in [0.15, 0.2) is 0 Å². The van der Waals surface area contributed by atoms with Crippen LogP contribution in [0.3, 0.4) is 0 Å². The molecule has 4 N–H and O–H groups in total.